The Labute approximate surface area is 153 Å². The molecule has 1 saturated carbocycles. The molecule has 6 heteroatoms. The van der Waals surface area contributed by atoms with Gasteiger partial charge in [0.2, 0.25) is 0 Å². The van der Waals surface area contributed by atoms with Crippen molar-refractivity contribution in [2.45, 2.75) is 56.8 Å². The number of rotatable bonds is 6. The number of benzene rings is 1. The highest BCUT2D eigenvalue weighted by atomic mass is 16.5. The molecule has 2 aliphatic rings. The largest absolute Gasteiger partial charge is 0.481 e. The van der Waals surface area contributed by atoms with Gasteiger partial charge >= 0.3 is 5.97 Å². The fourth-order valence-corrected chi connectivity index (χ4v) is 3.74. The lowest BCUT2D eigenvalue weighted by molar-refractivity contribution is -0.164. The van der Waals surface area contributed by atoms with Gasteiger partial charge in [-0.1, -0.05) is 30.3 Å². The Bertz CT molecular complexity index is 604. The summed E-state index contributed by atoms with van der Waals surface area (Å²) >= 11 is 0. The minimum atomic E-state index is -0.863. The van der Waals surface area contributed by atoms with Crippen molar-refractivity contribution in [2.75, 3.05) is 13.2 Å². The summed E-state index contributed by atoms with van der Waals surface area (Å²) < 4.78 is 11.6. The van der Waals surface area contributed by atoms with Crippen molar-refractivity contribution in [3.05, 3.63) is 35.9 Å². The Hall–Kier alpha value is -1.92. The van der Waals surface area contributed by atoms with Gasteiger partial charge in [0.25, 0.3) is 5.91 Å². The third-order valence-corrected chi connectivity index (χ3v) is 5.48. The maximum Gasteiger partial charge on any atom is 0.306 e. The first-order valence-electron chi connectivity index (χ1n) is 9.38. The van der Waals surface area contributed by atoms with E-state index in [0.29, 0.717) is 58.3 Å². The highest BCUT2D eigenvalue weighted by Crippen LogP contribution is 2.29. The van der Waals surface area contributed by atoms with Crippen LogP contribution in [-0.4, -0.2) is 41.8 Å². The fourth-order valence-electron chi connectivity index (χ4n) is 3.74. The molecule has 1 aliphatic heterocycles. The molecule has 26 heavy (non-hydrogen) atoms. The zero-order chi connectivity index (χ0) is 18.4. The third-order valence-electron chi connectivity index (χ3n) is 5.48. The van der Waals surface area contributed by atoms with Crippen LogP contribution in [0.2, 0.25) is 0 Å². The number of nitrogens with one attached hydrogen (secondary N) is 1. The zero-order valence-electron chi connectivity index (χ0n) is 15.0. The van der Waals surface area contributed by atoms with Gasteiger partial charge in [-0.05, 0) is 31.2 Å². The lowest BCUT2D eigenvalue weighted by atomic mass is 9.85. The Morgan fingerprint density at radius 3 is 2.38 bits per heavy atom. The summed E-state index contributed by atoms with van der Waals surface area (Å²) in [6.45, 7) is 1.40. The average Bonchev–Trinajstić information content (AvgIpc) is 2.68. The predicted molar refractivity (Wildman–Crippen MR) is 95.5 cm³/mol. The fraction of sp³-hybridized carbons (Fsp3) is 0.600. The minimum Gasteiger partial charge on any atom is -0.481 e. The van der Waals surface area contributed by atoms with Crippen molar-refractivity contribution in [2.24, 2.45) is 5.92 Å². The lowest BCUT2D eigenvalue weighted by Gasteiger charge is -2.37. The van der Waals surface area contributed by atoms with E-state index in [0.717, 1.165) is 5.56 Å². The van der Waals surface area contributed by atoms with Crippen LogP contribution in [0.15, 0.2) is 30.3 Å². The summed E-state index contributed by atoms with van der Waals surface area (Å²) in [5.41, 5.74) is 0.172. The molecule has 0 spiro atoms. The second-order valence-corrected chi connectivity index (χ2v) is 7.24. The minimum absolute atomic E-state index is 0.0261. The Morgan fingerprint density at radius 2 is 1.77 bits per heavy atom. The van der Waals surface area contributed by atoms with Gasteiger partial charge in [-0.3, -0.25) is 9.59 Å². The van der Waals surface area contributed by atoms with E-state index in [1.54, 1.807) is 0 Å². The Balaban J connectivity index is 1.59. The van der Waals surface area contributed by atoms with Crippen LogP contribution < -0.4 is 5.32 Å². The number of carbonyl (C=O) groups excluding carboxylic acids is 1. The number of carboxylic acids is 1. The van der Waals surface area contributed by atoms with E-state index in [-0.39, 0.29) is 17.9 Å². The molecule has 0 atom stereocenters. The van der Waals surface area contributed by atoms with Crippen LogP contribution in [0.25, 0.3) is 0 Å². The van der Waals surface area contributed by atoms with Crippen LogP contribution in [0.1, 0.15) is 44.1 Å². The second-order valence-electron chi connectivity index (χ2n) is 7.24. The summed E-state index contributed by atoms with van der Waals surface area (Å²) in [6.07, 6.45) is 3.71. The van der Waals surface area contributed by atoms with Crippen molar-refractivity contribution < 1.29 is 24.2 Å². The normalized spacial score (nSPS) is 25.4. The summed E-state index contributed by atoms with van der Waals surface area (Å²) in [4.78, 5) is 24.1. The summed E-state index contributed by atoms with van der Waals surface area (Å²) in [6, 6.07) is 9.86. The van der Waals surface area contributed by atoms with Gasteiger partial charge in [0, 0.05) is 32.1 Å². The Kier molecular flexibility index (Phi) is 6.27. The van der Waals surface area contributed by atoms with Gasteiger partial charge in [-0.2, -0.15) is 0 Å². The molecule has 0 unspecified atom stereocenters. The third kappa shape index (κ3) is 4.62. The molecule has 6 nitrogen and oxygen atoms in total. The lowest BCUT2D eigenvalue weighted by Crippen LogP contribution is -2.55. The molecule has 1 amide bonds. The van der Waals surface area contributed by atoms with Gasteiger partial charge in [0.1, 0.15) is 0 Å². The van der Waals surface area contributed by atoms with Crippen LogP contribution >= 0.6 is 0 Å². The average molecular weight is 361 g/mol. The number of hydrogen-bond acceptors (Lipinski definition) is 4. The first kappa shape index (κ1) is 18.9. The van der Waals surface area contributed by atoms with Crippen LogP contribution in [0.5, 0.6) is 0 Å². The second kappa shape index (κ2) is 8.64. The van der Waals surface area contributed by atoms with Crippen molar-refractivity contribution in [3.63, 3.8) is 0 Å². The summed E-state index contributed by atoms with van der Waals surface area (Å²) in [5, 5.41) is 12.2. The first-order valence-corrected chi connectivity index (χ1v) is 9.38. The van der Waals surface area contributed by atoms with E-state index in [4.69, 9.17) is 14.6 Å². The van der Waals surface area contributed by atoms with Crippen molar-refractivity contribution >= 4 is 11.9 Å². The molecule has 2 N–H and O–H groups in total. The highest BCUT2D eigenvalue weighted by molar-refractivity contribution is 5.85. The van der Waals surface area contributed by atoms with E-state index in [2.05, 4.69) is 5.32 Å². The molecule has 3 rings (SSSR count). The van der Waals surface area contributed by atoms with Crippen LogP contribution in [-0.2, 0) is 25.7 Å². The van der Waals surface area contributed by atoms with Crippen LogP contribution in [0.4, 0.5) is 0 Å². The van der Waals surface area contributed by atoms with E-state index in [1.165, 1.54) is 0 Å². The van der Waals surface area contributed by atoms with Gasteiger partial charge in [0.15, 0.2) is 5.60 Å². The number of carbonyl (C=O) groups is 2. The van der Waals surface area contributed by atoms with Gasteiger partial charge < -0.3 is 19.9 Å². The molecule has 1 aromatic rings. The van der Waals surface area contributed by atoms with Crippen molar-refractivity contribution in [3.8, 4) is 0 Å². The zero-order valence-corrected chi connectivity index (χ0v) is 15.0. The number of hydrogen-bond donors (Lipinski definition) is 2. The SMILES string of the molecule is O=C(O)C1CCC(NC(=O)C2(OCc3ccccc3)CCOCC2)CC1. The van der Waals surface area contributed by atoms with Crippen LogP contribution in [0, 0.1) is 5.92 Å². The van der Waals surface area contributed by atoms with Gasteiger partial charge in [-0.25, -0.2) is 0 Å². The number of carboxylic acid groups (broad SMARTS) is 1. The maximum absolute atomic E-state index is 13.0. The molecule has 0 bridgehead atoms. The molecule has 2 fully saturated rings. The van der Waals surface area contributed by atoms with E-state index < -0.39 is 11.6 Å². The number of ether oxygens (including phenoxy) is 2. The van der Waals surface area contributed by atoms with Crippen molar-refractivity contribution in [1.29, 1.82) is 0 Å². The Morgan fingerprint density at radius 1 is 1.12 bits per heavy atom. The summed E-state index contributed by atoms with van der Waals surface area (Å²) in [5.74, 6) is -1.10. The smallest absolute Gasteiger partial charge is 0.306 e. The predicted octanol–water partition coefficient (Wildman–Crippen LogP) is 2.51. The van der Waals surface area contributed by atoms with Crippen LogP contribution in [0.3, 0.4) is 0 Å². The van der Waals surface area contributed by atoms with E-state index >= 15 is 0 Å². The van der Waals surface area contributed by atoms with Crippen molar-refractivity contribution in [1.82, 2.24) is 5.32 Å². The molecule has 0 aromatic heterocycles. The molecule has 1 saturated heterocycles. The molecule has 142 valence electrons. The van der Waals surface area contributed by atoms with Gasteiger partial charge in [0.05, 0.1) is 12.5 Å². The number of aliphatic carboxylic acids is 1. The van der Waals surface area contributed by atoms with E-state index in [1.807, 2.05) is 30.3 Å². The maximum atomic E-state index is 13.0. The van der Waals surface area contributed by atoms with E-state index in [9.17, 15) is 9.59 Å². The highest BCUT2D eigenvalue weighted by Gasteiger charge is 2.42. The topological polar surface area (TPSA) is 84.9 Å². The molecular weight excluding hydrogens is 334 g/mol. The number of amides is 1. The molecule has 1 heterocycles. The molecule has 1 aliphatic carbocycles. The van der Waals surface area contributed by atoms with Gasteiger partial charge in [-0.15, -0.1) is 0 Å². The standard InChI is InChI=1S/C20H27NO5/c22-18(23)16-6-8-17(9-7-16)21-19(24)20(10-12-25-13-11-20)26-14-15-4-2-1-3-5-15/h1-5,16-17H,6-14H2,(H,21,24)(H,22,23). The molecular formula is C20H27NO5. The summed E-state index contributed by atoms with van der Waals surface area (Å²) in [7, 11) is 0. The monoisotopic (exact) mass is 361 g/mol. The quantitative estimate of drug-likeness (QED) is 0.813. The first-order chi connectivity index (χ1) is 12.6. The molecule has 1 aromatic carbocycles. The molecule has 0 radical (unpaired) electrons.